The number of hydrogen-bond acceptors (Lipinski definition) is 4. The van der Waals surface area contributed by atoms with Gasteiger partial charge in [0.2, 0.25) is 0 Å². The Morgan fingerprint density at radius 1 is 1.22 bits per heavy atom. The number of hydrogen-bond donors (Lipinski definition) is 0. The van der Waals surface area contributed by atoms with E-state index < -0.39 is 0 Å². The molecule has 18 heavy (non-hydrogen) atoms. The van der Waals surface area contributed by atoms with Crippen LogP contribution in [0.1, 0.15) is 35.8 Å². The van der Waals surface area contributed by atoms with Gasteiger partial charge in [-0.2, -0.15) is 0 Å². The Bertz CT molecular complexity index is 444. The molecule has 1 saturated heterocycles. The van der Waals surface area contributed by atoms with Gasteiger partial charge in [-0.25, -0.2) is 0 Å². The average Bonchev–Trinajstić information content (AvgIpc) is 2.93. The Hall–Kier alpha value is -0.320. The summed E-state index contributed by atoms with van der Waals surface area (Å²) in [5, 5.41) is 2.71. The molecule has 2 aliphatic rings. The molecule has 0 aliphatic carbocycles. The van der Waals surface area contributed by atoms with Crippen LogP contribution in [0.4, 0.5) is 0 Å². The zero-order chi connectivity index (χ0) is 12.4. The summed E-state index contributed by atoms with van der Waals surface area (Å²) in [6.07, 6.45) is 7.43. The summed E-state index contributed by atoms with van der Waals surface area (Å²) < 4.78 is 1.06. The average molecular weight is 295 g/mol. The lowest BCUT2D eigenvalue weighted by Crippen LogP contribution is -2.31. The summed E-state index contributed by atoms with van der Waals surface area (Å²) in [7, 11) is 0. The van der Waals surface area contributed by atoms with Gasteiger partial charge in [-0.1, -0.05) is 18.3 Å². The van der Waals surface area contributed by atoms with Crippen LogP contribution in [0.3, 0.4) is 0 Å². The van der Waals surface area contributed by atoms with Crippen molar-refractivity contribution >= 4 is 39.5 Å². The smallest absolute Gasteiger partial charge is 0.0729 e. The van der Waals surface area contributed by atoms with Crippen molar-refractivity contribution in [2.24, 2.45) is 0 Å². The first-order chi connectivity index (χ1) is 8.83. The Morgan fingerprint density at radius 2 is 2.06 bits per heavy atom. The molecule has 4 heteroatoms. The van der Waals surface area contributed by atoms with E-state index >= 15 is 0 Å². The molecule has 1 aromatic rings. The van der Waals surface area contributed by atoms with Crippen molar-refractivity contribution in [1.82, 2.24) is 4.90 Å². The van der Waals surface area contributed by atoms with Crippen LogP contribution in [0.2, 0.25) is 0 Å². The Morgan fingerprint density at radius 3 is 2.78 bits per heavy atom. The van der Waals surface area contributed by atoms with Crippen LogP contribution in [0.25, 0.3) is 0 Å². The van der Waals surface area contributed by atoms with Gasteiger partial charge in [-0.15, -0.1) is 23.1 Å². The van der Waals surface area contributed by atoms with Crippen molar-refractivity contribution < 1.29 is 0 Å². The zero-order valence-corrected chi connectivity index (χ0v) is 12.8. The predicted octanol–water partition coefficient (Wildman–Crippen LogP) is 4.62. The van der Waals surface area contributed by atoms with Crippen LogP contribution in [-0.4, -0.2) is 22.2 Å². The Balaban J connectivity index is 1.76. The van der Waals surface area contributed by atoms with Crippen LogP contribution < -0.4 is 0 Å². The number of allylic oxidation sites excluding steroid dienone is 1. The molecule has 3 heterocycles. The molecule has 0 amide bonds. The second kappa shape index (κ2) is 5.76. The minimum atomic E-state index is 0.541. The summed E-state index contributed by atoms with van der Waals surface area (Å²) in [6.45, 7) is 2.44. The van der Waals surface area contributed by atoms with E-state index in [0.717, 1.165) is 10.6 Å². The van der Waals surface area contributed by atoms with Crippen molar-refractivity contribution in [3.05, 3.63) is 34.2 Å². The fourth-order valence-electron chi connectivity index (χ4n) is 2.64. The predicted molar refractivity (Wildman–Crippen MR) is 85.4 cm³/mol. The van der Waals surface area contributed by atoms with Crippen molar-refractivity contribution in [2.45, 2.75) is 30.9 Å². The molecule has 1 atom stereocenters. The fourth-order valence-corrected chi connectivity index (χ4v) is 5.07. The third-order valence-corrected chi connectivity index (χ3v) is 6.16. The molecule has 0 aromatic carbocycles. The largest absolute Gasteiger partial charge is 0.375 e. The van der Waals surface area contributed by atoms with Gasteiger partial charge in [-0.3, -0.25) is 0 Å². The lowest BCUT2D eigenvalue weighted by molar-refractivity contribution is 0.276. The number of nitrogens with zero attached hydrogens (tertiary/aromatic N) is 1. The third kappa shape index (κ3) is 2.81. The topological polar surface area (TPSA) is 3.24 Å². The molecule has 1 nitrogen and oxygen atoms in total. The van der Waals surface area contributed by atoms with Gasteiger partial charge in [0.1, 0.15) is 0 Å². The van der Waals surface area contributed by atoms with E-state index in [9.17, 15) is 0 Å². The summed E-state index contributed by atoms with van der Waals surface area (Å²) in [4.78, 5) is 4.01. The van der Waals surface area contributed by atoms with Gasteiger partial charge < -0.3 is 4.90 Å². The van der Waals surface area contributed by atoms with E-state index in [2.05, 4.69) is 28.5 Å². The summed E-state index contributed by atoms with van der Waals surface area (Å²) in [6, 6.07) is 4.38. The number of thioether (sulfide) groups is 1. The highest BCUT2D eigenvalue weighted by Crippen LogP contribution is 2.42. The number of rotatable bonds is 2. The molecule has 0 saturated carbocycles. The SMILES string of the molecule is S=C1C=C(N2CCCCC2)C[C@H](c2cccs2)S1. The molecule has 1 fully saturated rings. The molecule has 96 valence electrons. The van der Waals surface area contributed by atoms with Crippen molar-refractivity contribution in [3.8, 4) is 0 Å². The number of thiophene rings is 1. The van der Waals surface area contributed by atoms with E-state index in [1.807, 2.05) is 23.1 Å². The zero-order valence-electron chi connectivity index (χ0n) is 10.3. The number of thiocarbonyl (C=S) groups is 1. The lowest BCUT2D eigenvalue weighted by atomic mass is 10.1. The van der Waals surface area contributed by atoms with Gasteiger partial charge >= 0.3 is 0 Å². The highest BCUT2D eigenvalue weighted by Gasteiger charge is 2.25. The maximum absolute atomic E-state index is 5.47. The standard InChI is InChI=1S/C14H17NS3/c16-14-10-11(15-6-2-1-3-7-15)9-13(18-14)12-5-4-8-17-12/h4-5,8,10,13H,1-3,6-7,9H2/t13-/m1/s1. The number of likely N-dealkylation sites (tertiary alicyclic amines) is 1. The molecule has 0 radical (unpaired) electrons. The Kier molecular flexibility index (Phi) is 4.07. The van der Waals surface area contributed by atoms with E-state index in [0.29, 0.717) is 5.25 Å². The molecular weight excluding hydrogens is 278 g/mol. The van der Waals surface area contributed by atoms with Gasteiger partial charge in [0, 0.05) is 30.1 Å². The van der Waals surface area contributed by atoms with Crippen molar-refractivity contribution in [3.63, 3.8) is 0 Å². The quantitative estimate of drug-likeness (QED) is 0.733. The first-order valence-corrected chi connectivity index (χ1v) is 8.69. The second-order valence-corrected chi connectivity index (χ2v) is 7.75. The molecule has 3 rings (SSSR count). The van der Waals surface area contributed by atoms with Crippen molar-refractivity contribution in [2.75, 3.05) is 13.1 Å². The highest BCUT2D eigenvalue weighted by atomic mass is 32.2. The molecule has 0 bridgehead atoms. The lowest BCUT2D eigenvalue weighted by Gasteiger charge is -2.34. The molecule has 1 aromatic heterocycles. The van der Waals surface area contributed by atoms with E-state index in [1.165, 1.54) is 42.9 Å². The molecule has 2 aliphatic heterocycles. The monoisotopic (exact) mass is 295 g/mol. The summed E-state index contributed by atoms with van der Waals surface area (Å²) in [5.74, 6) is 0. The fraction of sp³-hybridized carbons (Fsp3) is 0.500. The van der Waals surface area contributed by atoms with Gasteiger partial charge in [0.15, 0.2) is 0 Å². The van der Waals surface area contributed by atoms with Crippen LogP contribution in [-0.2, 0) is 0 Å². The van der Waals surface area contributed by atoms with Crippen LogP contribution >= 0.6 is 35.3 Å². The summed E-state index contributed by atoms with van der Waals surface area (Å²) >= 11 is 9.17. The van der Waals surface area contributed by atoms with E-state index in [4.69, 9.17) is 12.2 Å². The van der Waals surface area contributed by atoms with Gasteiger partial charge in [-0.05, 0) is 36.8 Å². The van der Waals surface area contributed by atoms with Gasteiger partial charge in [0.25, 0.3) is 0 Å². The first-order valence-electron chi connectivity index (χ1n) is 6.52. The van der Waals surface area contributed by atoms with Gasteiger partial charge in [0.05, 0.1) is 9.45 Å². The van der Waals surface area contributed by atoms with Crippen molar-refractivity contribution in [1.29, 1.82) is 0 Å². The molecule has 0 unspecified atom stereocenters. The maximum atomic E-state index is 5.47. The van der Waals surface area contributed by atoms with Crippen LogP contribution in [0.5, 0.6) is 0 Å². The third-order valence-electron chi connectivity index (χ3n) is 3.56. The molecule has 0 spiro atoms. The summed E-state index contributed by atoms with van der Waals surface area (Å²) in [5.41, 5.74) is 1.47. The van der Waals surface area contributed by atoms with Crippen LogP contribution in [0, 0.1) is 0 Å². The number of piperidine rings is 1. The first kappa shape index (κ1) is 12.7. The molecular formula is C14H17NS3. The maximum Gasteiger partial charge on any atom is 0.0729 e. The van der Waals surface area contributed by atoms with E-state index in [-0.39, 0.29) is 0 Å². The minimum Gasteiger partial charge on any atom is -0.375 e. The normalized spacial score (nSPS) is 25.1. The van der Waals surface area contributed by atoms with Crippen LogP contribution in [0.15, 0.2) is 29.3 Å². The molecule has 0 N–H and O–H groups in total. The highest BCUT2D eigenvalue weighted by molar-refractivity contribution is 8.23. The Labute approximate surface area is 122 Å². The minimum absolute atomic E-state index is 0.541. The van der Waals surface area contributed by atoms with E-state index in [1.54, 1.807) is 0 Å². The second-order valence-electron chi connectivity index (χ2n) is 4.83.